The number of unbranched alkanes of at least 4 members (excludes halogenated alkanes) is 1. The van der Waals surface area contributed by atoms with E-state index >= 15 is 0 Å². The molecule has 0 aliphatic rings. The molecule has 1 aromatic rings. The maximum atomic E-state index is 10.6. The number of non-ortho nitro benzene ring substituents is 1. The second-order valence-corrected chi connectivity index (χ2v) is 3.71. The number of methoxy groups -OCH3 is 1. The standard InChI is InChI=1S/C11H14ClNO4/c1-16-11-8-9(13(14)15)4-5-10(11)17-7-3-2-6-12/h4-5,8H,2-3,6-7H2,1H3. The lowest BCUT2D eigenvalue weighted by molar-refractivity contribution is -0.384. The number of hydrogen-bond acceptors (Lipinski definition) is 4. The summed E-state index contributed by atoms with van der Waals surface area (Å²) < 4.78 is 10.5. The van der Waals surface area contributed by atoms with E-state index < -0.39 is 4.92 Å². The molecule has 94 valence electrons. The molecule has 0 N–H and O–H groups in total. The Morgan fingerprint density at radius 1 is 1.35 bits per heavy atom. The van der Waals surface area contributed by atoms with Crippen LogP contribution in [0.4, 0.5) is 5.69 Å². The van der Waals surface area contributed by atoms with Crippen LogP contribution in [0.5, 0.6) is 11.5 Å². The van der Waals surface area contributed by atoms with Gasteiger partial charge in [0.05, 0.1) is 24.7 Å². The van der Waals surface area contributed by atoms with Crippen LogP contribution in [0.15, 0.2) is 18.2 Å². The Hall–Kier alpha value is -1.49. The van der Waals surface area contributed by atoms with Crippen molar-refractivity contribution in [2.24, 2.45) is 0 Å². The molecule has 0 bridgehead atoms. The molecule has 0 aliphatic heterocycles. The maximum Gasteiger partial charge on any atom is 0.273 e. The van der Waals surface area contributed by atoms with Gasteiger partial charge >= 0.3 is 0 Å². The lowest BCUT2D eigenvalue weighted by atomic mass is 10.3. The number of nitro groups is 1. The van der Waals surface area contributed by atoms with E-state index in [2.05, 4.69) is 0 Å². The van der Waals surface area contributed by atoms with E-state index in [1.54, 1.807) is 0 Å². The molecule has 0 fully saturated rings. The van der Waals surface area contributed by atoms with Crippen molar-refractivity contribution >= 4 is 17.3 Å². The first-order valence-corrected chi connectivity index (χ1v) is 5.73. The molecule has 0 spiro atoms. The summed E-state index contributed by atoms with van der Waals surface area (Å²) in [6.07, 6.45) is 1.71. The fourth-order valence-corrected chi connectivity index (χ4v) is 1.46. The van der Waals surface area contributed by atoms with Crippen LogP contribution in [0.25, 0.3) is 0 Å². The third kappa shape index (κ3) is 4.11. The van der Waals surface area contributed by atoms with Crippen LogP contribution >= 0.6 is 11.6 Å². The average Bonchev–Trinajstić information content (AvgIpc) is 2.34. The summed E-state index contributed by atoms with van der Waals surface area (Å²) in [6.45, 7) is 0.515. The average molecular weight is 260 g/mol. The molecule has 0 aliphatic carbocycles. The minimum Gasteiger partial charge on any atom is -0.493 e. The van der Waals surface area contributed by atoms with Gasteiger partial charge in [0.2, 0.25) is 0 Å². The van der Waals surface area contributed by atoms with Gasteiger partial charge in [-0.15, -0.1) is 11.6 Å². The van der Waals surface area contributed by atoms with Crippen molar-refractivity contribution in [2.45, 2.75) is 12.8 Å². The highest BCUT2D eigenvalue weighted by atomic mass is 35.5. The first-order chi connectivity index (χ1) is 8.19. The van der Waals surface area contributed by atoms with Crippen molar-refractivity contribution in [1.82, 2.24) is 0 Å². The quantitative estimate of drug-likeness (QED) is 0.327. The molecular formula is C11H14ClNO4. The zero-order valence-corrected chi connectivity index (χ0v) is 10.3. The molecule has 0 saturated carbocycles. The fourth-order valence-electron chi connectivity index (χ4n) is 1.27. The highest BCUT2D eigenvalue weighted by Gasteiger charge is 2.11. The Labute approximate surface area is 104 Å². The zero-order valence-electron chi connectivity index (χ0n) is 9.52. The van der Waals surface area contributed by atoms with E-state index in [1.807, 2.05) is 0 Å². The summed E-state index contributed by atoms with van der Waals surface area (Å²) >= 11 is 5.54. The van der Waals surface area contributed by atoms with Gasteiger partial charge in [0.25, 0.3) is 5.69 Å². The van der Waals surface area contributed by atoms with Crippen LogP contribution in [0.3, 0.4) is 0 Å². The Morgan fingerprint density at radius 2 is 2.12 bits per heavy atom. The number of benzene rings is 1. The summed E-state index contributed by atoms with van der Waals surface area (Å²) in [5, 5.41) is 10.6. The van der Waals surface area contributed by atoms with Crippen molar-refractivity contribution in [3.8, 4) is 11.5 Å². The number of hydrogen-bond donors (Lipinski definition) is 0. The molecule has 0 saturated heterocycles. The van der Waals surface area contributed by atoms with E-state index in [0.717, 1.165) is 12.8 Å². The predicted molar refractivity (Wildman–Crippen MR) is 65.1 cm³/mol. The number of rotatable bonds is 7. The number of alkyl halides is 1. The van der Waals surface area contributed by atoms with Gasteiger partial charge in [-0.1, -0.05) is 0 Å². The third-order valence-corrected chi connectivity index (χ3v) is 2.41. The molecule has 17 heavy (non-hydrogen) atoms. The monoisotopic (exact) mass is 259 g/mol. The van der Waals surface area contributed by atoms with E-state index in [0.29, 0.717) is 24.0 Å². The normalized spacial score (nSPS) is 10.0. The van der Waals surface area contributed by atoms with Crippen molar-refractivity contribution in [2.75, 3.05) is 19.6 Å². The summed E-state index contributed by atoms with van der Waals surface area (Å²) in [7, 11) is 1.45. The minimum absolute atomic E-state index is 0.0186. The molecular weight excluding hydrogens is 246 g/mol. The lowest BCUT2D eigenvalue weighted by Gasteiger charge is -2.09. The van der Waals surface area contributed by atoms with Gasteiger partial charge in [0.15, 0.2) is 11.5 Å². The van der Waals surface area contributed by atoms with Crippen molar-refractivity contribution in [3.05, 3.63) is 28.3 Å². The highest BCUT2D eigenvalue weighted by Crippen LogP contribution is 2.31. The van der Waals surface area contributed by atoms with Crippen molar-refractivity contribution in [1.29, 1.82) is 0 Å². The van der Waals surface area contributed by atoms with Gasteiger partial charge in [-0.3, -0.25) is 10.1 Å². The molecule has 6 heteroatoms. The lowest BCUT2D eigenvalue weighted by Crippen LogP contribution is -2.00. The number of nitro benzene ring substituents is 1. The summed E-state index contributed by atoms with van der Waals surface area (Å²) in [6, 6.07) is 4.27. The molecule has 0 aromatic heterocycles. The topological polar surface area (TPSA) is 61.6 Å². The zero-order chi connectivity index (χ0) is 12.7. The molecule has 0 amide bonds. The predicted octanol–water partition coefficient (Wildman–Crippen LogP) is 3.00. The van der Waals surface area contributed by atoms with Crippen molar-refractivity contribution in [3.63, 3.8) is 0 Å². The van der Waals surface area contributed by atoms with Crippen LogP contribution in [0, 0.1) is 10.1 Å². The van der Waals surface area contributed by atoms with E-state index in [1.165, 1.54) is 25.3 Å². The fraction of sp³-hybridized carbons (Fsp3) is 0.455. The van der Waals surface area contributed by atoms with Crippen LogP contribution in [-0.4, -0.2) is 24.5 Å². The first kappa shape index (κ1) is 13.6. The van der Waals surface area contributed by atoms with Crippen LogP contribution in [-0.2, 0) is 0 Å². The van der Waals surface area contributed by atoms with Crippen LogP contribution < -0.4 is 9.47 Å². The van der Waals surface area contributed by atoms with E-state index in [4.69, 9.17) is 21.1 Å². The van der Waals surface area contributed by atoms with E-state index in [9.17, 15) is 10.1 Å². The Bertz CT molecular complexity index is 384. The maximum absolute atomic E-state index is 10.6. The van der Waals surface area contributed by atoms with Gasteiger partial charge in [-0.2, -0.15) is 0 Å². The Balaban J connectivity index is 2.68. The molecule has 5 nitrogen and oxygen atoms in total. The van der Waals surface area contributed by atoms with Gasteiger partial charge in [-0.25, -0.2) is 0 Å². The Morgan fingerprint density at radius 3 is 2.71 bits per heavy atom. The highest BCUT2D eigenvalue weighted by molar-refractivity contribution is 6.17. The molecule has 0 radical (unpaired) electrons. The molecule has 1 aromatic carbocycles. The van der Waals surface area contributed by atoms with Gasteiger partial charge < -0.3 is 9.47 Å². The second-order valence-electron chi connectivity index (χ2n) is 3.34. The smallest absolute Gasteiger partial charge is 0.273 e. The van der Waals surface area contributed by atoms with Crippen molar-refractivity contribution < 1.29 is 14.4 Å². The summed E-state index contributed by atoms with van der Waals surface area (Å²) in [5.74, 6) is 1.47. The van der Waals surface area contributed by atoms with Crippen LogP contribution in [0.1, 0.15) is 12.8 Å². The molecule has 1 rings (SSSR count). The largest absolute Gasteiger partial charge is 0.493 e. The van der Waals surface area contributed by atoms with E-state index in [-0.39, 0.29) is 5.69 Å². The number of ether oxygens (including phenoxy) is 2. The summed E-state index contributed by atoms with van der Waals surface area (Å²) in [4.78, 5) is 10.1. The Kier molecular flexibility index (Phi) is 5.56. The second kappa shape index (κ2) is 6.96. The number of halogens is 1. The molecule has 0 heterocycles. The SMILES string of the molecule is COc1cc([N+](=O)[O-])ccc1OCCCCCl. The molecule has 0 unspecified atom stereocenters. The van der Waals surface area contributed by atoms with Gasteiger partial charge in [0, 0.05) is 11.9 Å². The summed E-state index contributed by atoms with van der Waals surface area (Å²) in [5.41, 5.74) is -0.0186. The van der Waals surface area contributed by atoms with Gasteiger partial charge in [0.1, 0.15) is 0 Å². The van der Waals surface area contributed by atoms with Gasteiger partial charge in [-0.05, 0) is 18.9 Å². The minimum atomic E-state index is -0.472. The molecule has 0 atom stereocenters. The number of nitrogens with zero attached hydrogens (tertiary/aromatic N) is 1. The third-order valence-electron chi connectivity index (χ3n) is 2.14. The first-order valence-electron chi connectivity index (χ1n) is 5.20. The van der Waals surface area contributed by atoms with Crippen LogP contribution in [0.2, 0.25) is 0 Å².